The first-order chi connectivity index (χ1) is 15.3. The predicted octanol–water partition coefficient (Wildman–Crippen LogP) is 4.14. The van der Waals surface area contributed by atoms with Crippen LogP contribution < -0.4 is 10.6 Å². The number of piperidine rings is 2. The minimum Gasteiger partial charge on any atom is -0.335 e. The van der Waals surface area contributed by atoms with Crippen molar-refractivity contribution in [1.82, 2.24) is 20.4 Å². The minimum absolute atomic E-state index is 0.0470. The number of urea groups is 1. The van der Waals surface area contributed by atoms with E-state index in [1.54, 1.807) is 0 Å². The van der Waals surface area contributed by atoms with Crippen LogP contribution in [-0.4, -0.2) is 48.1 Å². The monoisotopic (exact) mass is 420 g/mol. The Bertz CT molecular complexity index is 811. The van der Waals surface area contributed by atoms with E-state index in [0.29, 0.717) is 6.54 Å². The number of nitrogens with zero attached hydrogens (tertiary/aromatic N) is 2. The molecule has 2 aromatic rings. The van der Waals surface area contributed by atoms with E-state index in [9.17, 15) is 4.79 Å². The molecule has 0 bridgehead atoms. The van der Waals surface area contributed by atoms with Gasteiger partial charge in [-0.1, -0.05) is 61.0 Å². The second-order valence-electron chi connectivity index (χ2n) is 8.97. The molecule has 4 rings (SSSR count). The highest BCUT2D eigenvalue weighted by atomic mass is 16.2. The zero-order valence-electron chi connectivity index (χ0n) is 18.6. The van der Waals surface area contributed by atoms with Crippen molar-refractivity contribution in [3.05, 3.63) is 71.3 Å². The first kappa shape index (κ1) is 21.8. The smallest absolute Gasteiger partial charge is 0.315 e. The first-order valence-electron chi connectivity index (χ1n) is 11.9. The maximum atomic E-state index is 12.5. The van der Waals surface area contributed by atoms with E-state index < -0.39 is 0 Å². The van der Waals surface area contributed by atoms with E-state index in [1.165, 1.54) is 49.0 Å². The maximum absolute atomic E-state index is 12.5. The van der Waals surface area contributed by atoms with Crippen molar-refractivity contribution >= 4 is 6.03 Å². The number of nitrogens with one attached hydrogen (secondary N) is 2. The molecule has 2 heterocycles. The largest absolute Gasteiger partial charge is 0.335 e. The van der Waals surface area contributed by atoms with Gasteiger partial charge in [-0.25, -0.2) is 4.79 Å². The summed E-state index contributed by atoms with van der Waals surface area (Å²) < 4.78 is 0. The van der Waals surface area contributed by atoms with Crippen molar-refractivity contribution in [3.8, 4) is 0 Å². The van der Waals surface area contributed by atoms with Crippen LogP contribution in [-0.2, 0) is 19.6 Å². The minimum atomic E-state index is -0.0470. The van der Waals surface area contributed by atoms with E-state index >= 15 is 0 Å². The van der Waals surface area contributed by atoms with E-state index in [4.69, 9.17) is 0 Å². The summed E-state index contributed by atoms with van der Waals surface area (Å²) in [6.45, 7) is 6.99. The molecule has 2 aliphatic rings. The Hall–Kier alpha value is -2.37. The summed E-state index contributed by atoms with van der Waals surface area (Å²) in [6, 6.07) is 19.3. The zero-order chi connectivity index (χ0) is 21.3. The third kappa shape index (κ3) is 6.81. The van der Waals surface area contributed by atoms with Crippen LogP contribution in [0.5, 0.6) is 0 Å². The topological polar surface area (TPSA) is 47.6 Å². The molecule has 5 nitrogen and oxygen atoms in total. The van der Waals surface area contributed by atoms with E-state index in [-0.39, 0.29) is 12.1 Å². The Morgan fingerprint density at radius 2 is 1.42 bits per heavy atom. The zero-order valence-corrected chi connectivity index (χ0v) is 18.6. The molecule has 0 aromatic heterocycles. The Kier molecular flexibility index (Phi) is 7.97. The van der Waals surface area contributed by atoms with Gasteiger partial charge in [0, 0.05) is 38.8 Å². The number of rotatable bonds is 7. The molecule has 2 aliphatic heterocycles. The summed E-state index contributed by atoms with van der Waals surface area (Å²) in [6.07, 6.45) is 5.96. The lowest BCUT2D eigenvalue weighted by molar-refractivity contribution is 0.186. The van der Waals surface area contributed by atoms with E-state index in [2.05, 4.69) is 75.0 Å². The van der Waals surface area contributed by atoms with Gasteiger partial charge in [-0.15, -0.1) is 0 Å². The Labute approximate surface area is 186 Å². The van der Waals surface area contributed by atoms with Crippen molar-refractivity contribution < 1.29 is 4.79 Å². The van der Waals surface area contributed by atoms with E-state index in [1.807, 2.05) is 0 Å². The highest BCUT2D eigenvalue weighted by Crippen LogP contribution is 2.17. The van der Waals surface area contributed by atoms with Gasteiger partial charge in [0.2, 0.25) is 0 Å². The summed E-state index contributed by atoms with van der Waals surface area (Å²) in [5.74, 6) is 0. The van der Waals surface area contributed by atoms with Crippen LogP contribution in [0.1, 0.15) is 48.8 Å². The van der Waals surface area contributed by atoms with Crippen LogP contribution in [0.15, 0.2) is 54.6 Å². The second kappa shape index (κ2) is 11.3. The Morgan fingerprint density at radius 3 is 2.16 bits per heavy atom. The van der Waals surface area contributed by atoms with Crippen LogP contribution in [0, 0.1) is 0 Å². The van der Waals surface area contributed by atoms with Gasteiger partial charge in [-0.2, -0.15) is 0 Å². The molecule has 2 saturated heterocycles. The van der Waals surface area contributed by atoms with Gasteiger partial charge in [0.15, 0.2) is 0 Å². The molecule has 2 N–H and O–H groups in total. The van der Waals surface area contributed by atoms with Crippen LogP contribution >= 0.6 is 0 Å². The quantitative estimate of drug-likeness (QED) is 0.708. The van der Waals surface area contributed by atoms with Crippen LogP contribution in [0.25, 0.3) is 0 Å². The SMILES string of the molecule is O=C(NCc1ccccc1CN1CCCCC1)NC1CCN(Cc2ccccc2)CC1. The highest BCUT2D eigenvalue weighted by molar-refractivity contribution is 5.74. The average Bonchev–Trinajstić information content (AvgIpc) is 2.81. The number of likely N-dealkylation sites (tertiary alicyclic amines) is 2. The number of carbonyl (C=O) groups excluding carboxylic acids is 1. The number of benzene rings is 2. The normalized spacial score (nSPS) is 18.6. The van der Waals surface area contributed by atoms with Crippen molar-refractivity contribution in [2.24, 2.45) is 0 Å². The standard InChI is InChI=1S/C26H36N4O/c31-26(28-25-13-17-30(18-14-25)20-22-9-3-1-4-10-22)27-19-23-11-5-6-12-24(23)21-29-15-7-2-8-16-29/h1,3-6,9-12,25H,2,7-8,13-21H2,(H2,27,28,31). The summed E-state index contributed by atoms with van der Waals surface area (Å²) in [4.78, 5) is 17.5. The number of hydrogen-bond acceptors (Lipinski definition) is 3. The third-order valence-corrected chi connectivity index (χ3v) is 6.57. The molecular formula is C26H36N4O. The van der Waals surface area contributed by atoms with E-state index in [0.717, 1.165) is 39.0 Å². The van der Waals surface area contributed by atoms with Gasteiger partial charge >= 0.3 is 6.03 Å². The van der Waals surface area contributed by atoms with Crippen LogP contribution in [0.4, 0.5) is 4.79 Å². The molecule has 0 atom stereocenters. The highest BCUT2D eigenvalue weighted by Gasteiger charge is 2.21. The summed E-state index contributed by atoms with van der Waals surface area (Å²) in [7, 11) is 0. The van der Waals surface area contributed by atoms with Crippen molar-refractivity contribution in [2.75, 3.05) is 26.2 Å². The Balaban J connectivity index is 1.19. The lowest BCUT2D eigenvalue weighted by atomic mass is 10.0. The number of hydrogen-bond donors (Lipinski definition) is 2. The van der Waals surface area contributed by atoms with Crippen molar-refractivity contribution in [2.45, 2.75) is 57.8 Å². The molecule has 0 saturated carbocycles. The molecule has 31 heavy (non-hydrogen) atoms. The lowest BCUT2D eigenvalue weighted by Gasteiger charge is -2.32. The van der Waals surface area contributed by atoms with Gasteiger partial charge in [0.25, 0.3) is 0 Å². The molecule has 0 unspecified atom stereocenters. The molecule has 166 valence electrons. The number of carbonyl (C=O) groups is 1. The van der Waals surface area contributed by atoms with Crippen molar-refractivity contribution in [3.63, 3.8) is 0 Å². The third-order valence-electron chi connectivity index (χ3n) is 6.57. The summed E-state index contributed by atoms with van der Waals surface area (Å²) in [5, 5.41) is 6.28. The number of amides is 2. The molecule has 2 amide bonds. The lowest BCUT2D eigenvalue weighted by Crippen LogP contribution is -2.47. The Morgan fingerprint density at radius 1 is 0.774 bits per heavy atom. The molecular weight excluding hydrogens is 384 g/mol. The van der Waals surface area contributed by atoms with Gasteiger partial charge < -0.3 is 10.6 Å². The van der Waals surface area contributed by atoms with Gasteiger partial charge in [0.1, 0.15) is 0 Å². The summed E-state index contributed by atoms with van der Waals surface area (Å²) in [5.41, 5.74) is 3.91. The molecule has 0 spiro atoms. The molecule has 5 heteroatoms. The fraction of sp³-hybridized carbons (Fsp3) is 0.500. The average molecular weight is 421 g/mol. The van der Waals surface area contributed by atoms with Crippen molar-refractivity contribution in [1.29, 1.82) is 0 Å². The fourth-order valence-electron chi connectivity index (χ4n) is 4.73. The molecule has 2 aromatic carbocycles. The van der Waals surface area contributed by atoms with Gasteiger partial charge in [-0.3, -0.25) is 9.80 Å². The van der Waals surface area contributed by atoms with Crippen LogP contribution in [0.3, 0.4) is 0 Å². The second-order valence-corrected chi connectivity index (χ2v) is 8.97. The first-order valence-corrected chi connectivity index (χ1v) is 11.9. The van der Waals surface area contributed by atoms with Gasteiger partial charge in [0.05, 0.1) is 0 Å². The maximum Gasteiger partial charge on any atom is 0.315 e. The molecule has 0 radical (unpaired) electrons. The fourth-order valence-corrected chi connectivity index (χ4v) is 4.73. The molecule has 2 fully saturated rings. The van der Waals surface area contributed by atoms with Crippen LogP contribution in [0.2, 0.25) is 0 Å². The predicted molar refractivity (Wildman–Crippen MR) is 126 cm³/mol. The molecule has 0 aliphatic carbocycles. The summed E-state index contributed by atoms with van der Waals surface area (Å²) >= 11 is 0. The van der Waals surface area contributed by atoms with Gasteiger partial charge in [-0.05, 0) is 55.5 Å².